The summed E-state index contributed by atoms with van der Waals surface area (Å²) in [5.41, 5.74) is 3.08. The summed E-state index contributed by atoms with van der Waals surface area (Å²) < 4.78 is 5.10. The molecule has 0 bridgehead atoms. The Morgan fingerprint density at radius 3 is 2.24 bits per heavy atom. The van der Waals surface area contributed by atoms with E-state index in [0.29, 0.717) is 11.3 Å². The summed E-state index contributed by atoms with van der Waals surface area (Å²) in [6.45, 7) is 0. The minimum absolute atomic E-state index is 0.171. The summed E-state index contributed by atoms with van der Waals surface area (Å²) in [5, 5.41) is 2.89. The van der Waals surface area contributed by atoms with Gasteiger partial charge in [-0.25, -0.2) is 0 Å². The molecule has 0 unspecified atom stereocenters. The van der Waals surface area contributed by atoms with Crippen LogP contribution in [-0.2, 0) is 0 Å². The van der Waals surface area contributed by atoms with E-state index in [0.717, 1.165) is 16.9 Å². The highest BCUT2D eigenvalue weighted by molar-refractivity contribution is 6.04. The van der Waals surface area contributed by atoms with E-state index in [1.54, 1.807) is 31.4 Å². The Balaban J connectivity index is 1.73. The third-order valence-corrected chi connectivity index (χ3v) is 3.60. The quantitative estimate of drug-likeness (QED) is 0.726. The van der Waals surface area contributed by atoms with Crippen LogP contribution in [0.15, 0.2) is 78.9 Å². The molecule has 0 aromatic heterocycles. The van der Waals surface area contributed by atoms with Crippen molar-refractivity contribution >= 4 is 11.6 Å². The van der Waals surface area contributed by atoms with Crippen molar-refractivity contribution in [2.45, 2.75) is 0 Å². The van der Waals surface area contributed by atoms with Gasteiger partial charge in [-0.15, -0.1) is 0 Å². The van der Waals surface area contributed by atoms with Crippen LogP contribution in [0.5, 0.6) is 5.75 Å². The predicted octanol–water partition coefficient (Wildman–Crippen LogP) is 4.35. The zero-order valence-corrected chi connectivity index (χ0v) is 13.8. The smallest absolute Gasteiger partial charge is 0.255 e. The number of amides is 1. The summed E-state index contributed by atoms with van der Waals surface area (Å²) in [7, 11) is 1.59. The van der Waals surface area contributed by atoms with E-state index in [4.69, 9.17) is 4.74 Å². The Kier molecular flexibility index (Phi) is 5.13. The second kappa shape index (κ2) is 7.85. The Morgan fingerprint density at radius 1 is 0.840 bits per heavy atom. The molecule has 3 rings (SSSR count). The molecule has 0 spiro atoms. The van der Waals surface area contributed by atoms with Gasteiger partial charge in [0.2, 0.25) is 0 Å². The molecule has 3 heteroatoms. The molecule has 3 aromatic carbocycles. The molecule has 0 heterocycles. The van der Waals surface area contributed by atoms with Crippen LogP contribution in [0.3, 0.4) is 0 Å². The van der Waals surface area contributed by atoms with Crippen molar-refractivity contribution in [2.24, 2.45) is 0 Å². The number of carbonyl (C=O) groups excluding carboxylic acids is 1. The number of nitrogens with one attached hydrogen (secondary N) is 1. The maximum Gasteiger partial charge on any atom is 0.255 e. The lowest BCUT2D eigenvalue weighted by Crippen LogP contribution is -2.11. The van der Waals surface area contributed by atoms with Gasteiger partial charge in [0.25, 0.3) is 5.91 Å². The zero-order valence-electron chi connectivity index (χ0n) is 13.8. The van der Waals surface area contributed by atoms with Crippen LogP contribution in [0.2, 0.25) is 0 Å². The van der Waals surface area contributed by atoms with E-state index in [2.05, 4.69) is 17.2 Å². The van der Waals surface area contributed by atoms with Gasteiger partial charge < -0.3 is 10.1 Å². The van der Waals surface area contributed by atoms with Gasteiger partial charge >= 0.3 is 0 Å². The minimum Gasteiger partial charge on any atom is -0.497 e. The second-order valence-electron chi connectivity index (χ2n) is 5.38. The van der Waals surface area contributed by atoms with Crippen LogP contribution in [0.1, 0.15) is 21.5 Å². The molecule has 25 heavy (non-hydrogen) atoms. The van der Waals surface area contributed by atoms with E-state index < -0.39 is 0 Å². The third kappa shape index (κ3) is 4.49. The van der Waals surface area contributed by atoms with E-state index >= 15 is 0 Å². The van der Waals surface area contributed by atoms with Crippen molar-refractivity contribution in [3.05, 3.63) is 95.6 Å². The Hall–Kier alpha value is -3.51. The van der Waals surface area contributed by atoms with E-state index in [1.807, 2.05) is 54.6 Å². The lowest BCUT2D eigenvalue weighted by molar-refractivity contribution is 0.102. The van der Waals surface area contributed by atoms with Gasteiger partial charge in [-0.2, -0.15) is 0 Å². The molecule has 1 amide bonds. The first-order valence-electron chi connectivity index (χ1n) is 7.87. The largest absolute Gasteiger partial charge is 0.497 e. The predicted molar refractivity (Wildman–Crippen MR) is 99.8 cm³/mol. The van der Waals surface area contributed by atoms with Gasteiger partial charge in [-0.1, -0.05) is 36.1 Å². The summed E-state index contributed by atoms with van der Waals surface area (Å²) in [5.74, 6) is 6.77. The number of anilines is 1. The zero-order chi connectivity index (χ0) is 17.5. The lowest BCUT2D eigenvalue weighted by atomic mass is 10.1. The molecule has 3 aromatic rings. The molecule has 0 saturated heterocycles. The van der Waals surface area contributed by atoms with E-state index in [1.165, 1.54) is 0 Å². The monoisotopic (exact) mass is 327 g/mol. The first-order chi connectivity index (χ1) is 12.2. The van der Waals surface area contributed by atoms with E-state index in [-0.39, 0.29) is 5.91 Å². The SMILES string of the molecule is COc1ccc(C(=O)Nc2cccc(C#Cc3ccccc3)c2)cc1. The minimum atomic E-state index is -0.171. The van der Waals surface area contributed by atoms with E-state index in [9.17, 15) is 4.79 Å². The standard InChI is InChI=1S/C22H17NO2/c1-25-21-14-12-19(13-15-21)22(24)23-20-9-5-8-18(16-20)11-10-17-6-3-2-4-7-17/h2-9,12-16H,1H3,(H,23,24). The molecular weight excluding hydrogens is 310 g/mol. The maximum atomic E-state index is 12.3. The molecule has 1 N–H and O–H groups in total. The third-order valence-electron chi connectivity index (χ3n) is 3.60. The fourth-order valence-electron chi connectivity index (χ4n) is 2.29. The number of rotatable bonds is 3. The van der Waals surface area contributed by atoms with Crippen molar-refractivity contribution in [3.8, 4) is 17.6 Å². The highest BCUT2D eigenvalue weighted by Gasteiger charge is 2.06. The van der Waals surface area contributed by atoms with Crippen LogP contribution >= 0.6 is 0 Å². The first-order valence-corrected chi connectivity index (χ1v) is 7.87. The van der Waals surface area contributed by atoms with Crippen LogP contribution in [-0.4, -0.2) is 13.0 Å². The highest BCUT2D eigenvalue weighted by atomic mass is 16.5. The van der Waals surface area contributed by atoms with Gasteiger partial charge in [0.05, 0.1) is 7.11 Å². The Labute approximate surface area is 147 Å². The van der Waals surface area contributed by atoms with Gasteiger partial charge in [-0.05, 0) is 54.6 Å². The van der Waals surface area contributed by atoms with Crippen LogP contribution < -0.4 is 10.1 Å². The van der Waals surface area contributed by atoms with Gasteiger partial charge in [0.15, 0.2) is 0 Å². The molecular formula is C22H17NO2. The molecule has 0 fully saturated rings. The van der Waals surface area contributed by atoms with Crippen molar-refractivity contribution in [2.75, 3.05) is 12.4 Å². The average molecular weight is 327 g/mol. The molecule has 0 aliphatic rings. The fraction of sp³-hybridized carbons (Fsp3) is 0.0455. The van der Waals surface area contributed by atoms with Crippen LogP contribution in [0.25, 0.3) is 0 Å². The van der Waals surface area contributed by atoms with Crippen molar-refractivity contribution < 1.29 is 9.53 Å². The number of hydrogen-bond donors (Lipinski definition) is 1. The number of carbonyl (C=O) groups is 1. The van der Waals surface area contributed by atoms with Gasteiger partial charge in [-0.3, -0.25) is 4.79 Å². The van der Waals surface area contributed by atoms with Crippen LogP contribution in [0, 0.1) is 11.8 Å². The molecule has 0 radical (unpaired) electrons. The molecule has 3 nitrogen and oxygen atoms in total. The second-order valence-corrected chi connectivity index (χ2v) is 5.38. The molecule has 0 aliphatic carbocycles. The molecule has 0 aliphatic heterocycles. The Bertz CT molecular complexity index is 919. The van der Waals surface area contributed by atoms with Gasteiger partial charge in [0.1, 0.15) is 5.75 Å². The normalized spacial score (nSPS) is 9.64. The summed E-state index contributed by atoms with van der Waals surface area (Å²) >= 11 is 0. The van der Waals surface area contributed by atoms with Crippen molar-refractivity contribution in [1.29, 1.82) is 0 Å². The van der Waals surface area contributed by atoms with Crippen molar-refractivity contribution in [1.82, 2.24) is 0 Å². The fourth-order valence-corrected chi connectivity index (χ4v) is 2.29. The number of methoxy groups -OCH3 is 1. The lowest BCUT2D eigenvalue weighted by Gasteiger charge is -2.06. The highest BCUT2D eigenvalue weighted by Crippen LogP contribution is 2.15. The Morgan fingerprint density at radius 2 is 1.52 bits per heavy atom. The number of hydrogen-bond acceptors (Lipinski definition) is 2. The number of benzene rings is 3. The van der Waals surface area contributed by atoms with Crippen molar-refractivity contribution in [3.63, 3.8) is 0 Å². The molecule has 0 saturated carbocycles. The molecule has 122 valence electrons. The molecule has 0 atom stereocenters. The van der Waals surface area contributed by atoms with Gasteiger partial charge in [0, 0.05) is 22.4 Å². The van der Waals surface area contributed by atoms with Crippen LogP contribution in [0.4, 0.5) is 5.69 Å². The summed E-state index contributed by atoms with van der Waals surface area (Å²) in [4.78, 5) is 12.3. The first kappa shape index (κ1) is 16.4. The topological polar surface area (TPSA) is 38.3 Å². The average Bonchev–Trinajstić information content (AvgIpc) is 2.67. The number of ether oxygens (including phenoxy) is 1. The maximum absolute atomic E-state index is 12.3. The summed E-state index contributed by atoms with van der Waals surface area (Å²) in [6, 6.07) is 24.3. The summed E-state index contributed by atoms with van der Waals surface area (Å²) in [6.07, 6.45) is 0.